The van der Waals surface area contributed by atoms with Crippen LogP contribution in [0.4, 0.5) is 0 Å². The maximum absolute atomic E-state index is 11.8. The van der Waals surface area contributed by atoms with Crippen molar-refractivity contribution in [2.75, 3.05) is 6.54 Å². The van der Waals surface area contributed by atoms with Gasteiger partial charge in [0.25, 0.3) is 5.91 Å². The molecule has 1 heterocycles. The molecule has 1 unspecified atom stereocenters. The van der Waals surface area contributed by atoms with E-state index in [1.165, 1.54) is 4.90 Å². The number of carbonyl (C=O) groups is 3. The minimum Gasteiger partial charge on any atom is -0.335 e. The molecule has 0 saturated carbocycles. The lowest BCUT2D eigenvalue weighted by Gasteiger charge is -2.22. The zero-order chi connectivity index (χ0) is 14.5. The number of likely N-dealkylation sites (tertiary alicyclic amines) is 1. The topological polar surface area (TPSA) is 75.7 Å². The molecule has 20 heavy (non-hydrogen) atoms. The van der Waals surface area contributed by atoms with Crippen LogP contribution in [0.5, 0.6) is 0 Å². The molecule has 1 saturated heterocycles. The van der Waals surface area contributed by atoms with Crippen molar-refractivity contribution in [2.24, 2.45) is 0 Å². The molecule has 1 aromatic carbocycles. The van der Waals surface area contributed by atoms with E-state index in [2.05, 4.69) is 5.48 Å². The maximum Gasteiger partial charge on any atom is 0.362 e. The van der Waals surface area contributed by atoms with Gasteiger partial charge < -0.3 is 9.74 Å². The average molecular weight is 276 g/mol. The van der Waals surface area contributed by atoms with Crippen LogP contribution in [0.2, 0.25) is 0 Å². The summed E-state index contributed by atoms with van der Waals surface area (Å²) in [6.45, 7) is 2.16. The summed E-state index contributed by atoms with van der Waals surface area (Å²) in [6.07, 6.45) is 1.21. The predicted octanol–water partition coefficient (Wildman–Crippen LogP) is 0.885. The first-order valence-electron chi connectivity index (χ1n) is 6.45. The molecule has 2 rings (SSSR count). The average Bonchev–Trinajstić information content (AvgIpc) is 2.90. The van der Waals surface area contributed by atoms with Gasteiger partial charge in [-0.1, -0.05) is 18.2 Å². The second kappa shape index (κ2) is 6.18. The van der Waals surface area contributed by atoms with Gasteiger partial charge >= 0.3 is 5.97 Å². The van der Waals surface area contributed by atoms with Gasteiger partial charge in [0, 0.05) is 13.0 Å². The minimum absolute atomic E-state index is 0.0537. The Morgan fingerprint density at radius 3 is 2.60 bits per heavy atom. The highest BCUT2D eigenvalue weighted by molar-refractivity contribution is 5.92. The molecule has 0 aliphatic carbocycles. The van der Waals surface area contributed by atoms with E-state index in [1.807, 2.05) is 0 Å². The lowest BCUT2D eigenvalue weighted by atomic mass is 10.2. The molecule has 1 atom stereocenters. The summed E-state index contributed by atoms with van der Waals surface area (Å²) in [5, 5.41) is 0. The summed E-state index contributed by atoms with van der Waals surface area (Å²) in [6, 6.07) is 7.70. The van der Waals surface area contributed by atoms with Gasteiger partial charge in [-0.15, -0.1) is 0 Å². The fraction of sp³-hybridized carbons (Fsp3) is 0.357. The molecule has 0 bridgehead atoms. The molecular formula is C14H16N2O4. The molecule has 0 spiro atoms. The molecule has 6 heteroatoms. The normalized spacial score (nSPS) is 15.8. The molecule has 1 fully saturated rings. The molecule has 6 nitrogen and oxygen atoms in total. The van der Waals surface area contributed by atoms with E-state index >= 15 is 0 Å². The van der Waals surface area contributed by atoms with E-state index in [4.69, 9.17) is 4.84 Å². The van der Waals surface area contributed by atoms with E-state index in [9.17, 15) is 14.4 Å². The largest absolute Gasteiger partial charge is 0.362 e. The first-order valence-corrected chi connectivity index (χ1v) is 6.45. The first-order chi connectivity index (χ1) is 9.59. The Labute approximate surface area is 116 Å². The fourth-order valence-electron chi connectivity index (χ4n) is 2.04. The molecule has 106 valence electrons. The lowest BCUT2D eigenvalue weighted by molar-refractivity contribution is -0.141. The van der Waals surface area contributed by atoms with E-state index in [1.54, 1.807) is 37.3 Å². The van der Waals surface area contributed by atoms with Gasteiger partial charge in [0.15, 0.2) is 0 Å². The monoisotopic (exact) mass is 276 g/mol. The quantitative estimate of drug-likeness (QED) is 0.832. The summed E-state index contributed by atoms with van der Waals surface area (Å²) in [7, 11) is 0. The van der Waals surface area contributed by atoms with E-state index < -0.39 is 17.9 Å². The van der Waals surface area contributed by atoms with Crippen LogP contribution in [0.25, 0.3) is 0 Å². The van der Waals surface area contributed by atoms with Gasteiger partial charge in [-0.25, -0.2) is 4.79 Å². The minimum atomic E-state index is -0.645. The Morgan fingerprint density at radius 1 is 1.30 bits per heavy atom. The zero-order valence-electron chi connectivity index (χ0n) is 11.2. The van der Waals surface area contributed by atoms with E-state index in [-0.39, 0.29) is 5.91 Å². The number of hydrogen-bond donors (Lipinski definition) is 1. The number of nitrogens with one attached hydrogen (secondary N) is 1. The van der Waals surface area contributed by atoms with Crippen LogP contribution in [-0.2, 0) is 14.4 Å². The smallest absolute Gasteiger partial charge is 0.335 e. The van der Waals surface area contributed by atoms with Crippen LogP contribution in [0.1, 0.15) is 30.1 Å². The van der Waals surface area contributed by atoms with Crippen molar-refractivity contribution in [3.8, 4) is 0 Å². The van der Waals surface area contributed by atoms with Crippen LogP contribution in [0.15, 0.2) is 30.3 Å². The summed E-state index contributed by atoms with van der Waals surface area (Å²) in [4.78, 5) is 41.2. The van der Waals surface area contributed by atoms with Crippen molar-refractivity contribution >= 4 is 17.8 Å². The second-order valence-corrected chi connectivity index (χ2v) is 4.59. The molecule has 0 aromatic heterocycles. The number of nitrogens with zero attached hydrogens (tertiary/aromatic N) is 1. The van der Waals surface area contributed by atoms with Gasteiger partial charge in [0.05, 0.1) is 5.56 Å². The molecule has 1 aromatic rings. The third-order valence-corrected chi connectivity index (χ3v) is 3.21. The number of carbonyl (C=O) groups excluding carboxylic acids is 3. The standard InChI is InChI=1S/C14H16N2O4/c1-10(16-9-5-8-12(16)17)13(18)15-20-14(19)11-6-3-2-4-7-11/h2-4,6-7,10H,5,8-9H2,1H3,(H,15,18). The van der Waals surface area contributed by atoms with Crippen LogP contribution < -0.4 is 5.48 Å². The molecule has 1 N–H and O–H groups in total. The van der Waals surface area contributed by atoms with Crippen molar-refractivity contribution in [2.45, 2.75) is 25.8 Å². The van der Waals surface area contributed by atoms with Crippen molar-refractivity contribution in [1.82, 2.24) is 10.4 Å². The van der Waals surface area contributed by atoms with Gasteiger partial charge in [-0.2, -0.15) is 5.48 Å². The Kier molecular flexibility index (Phi) is 4.34. The van der Waals surface area contributed by atoms with E-state index in [0.717, 1.165) is 6.42 Å². The Balaban J connectivity index is 1.86. The number of rotatable bonds is 3. The van der Waals surface area contributed by atoms with Crippen molar-refractivity contribution in [1.29, 1.82) is 0 Å². The summed E-state index contributed by atoms with van der Waals surface area (Å²) < 4.78 is 0. The molecule has 1 aliphatic rings. The Bertz CT molecular complexity index is 515. The van der Waals surface area contributed by atoms with Crippen molar-refractivity contribution in [3.05, 3.63) is 35.9 Å². The first kappa shape index (κ1) is 14.0. The van der Waals surface area contributed by atoms with Gasteiger partial charge in [0.1, 0.15) is 6.04 Å². The highest BCUT2D eigenvalue weighted by Gasteiger charge is 2.29. The van der Waals surface area contributed by atoms with Gasteiger partial charge in [-0.05, 0) is 25.5 Å². The maximum atomic E-state index is 11.8. The third kappa shape index (κ3) is 3.14. The van der Waals surface area contributed by atoms with Gasteiger partial charge in [0.2, 0.25) is 5.91 Å². The molecule has 1 aliphatic heterocycles. The van der Waals surface area contributed by atoms with Crippen molar-refractivity contribution in [3.63, 3.8) is 0 Å². The van der Waals surface area contributed by atoms with Crippen LogP contribution in [0, 0.1) is 0 Å². The predicted molar refractivity (Wildman–Crippen MR) is 70.4 cm³/mol. The SMILES string of the molecule is CC(C(=O)NOC(=O)c1ccccc1)N1CCCC1=O. The number of amides is 2. The van der Waals surface area contributed by atoms with Crippen molar-refractivity contribution < 1.29 is 19.2 Å². The summed E-state index contributed by atoms with van der Waals surface area (Å²) >= 11 is 0. The summed E-state index contributed by atoms with van der Waals surface area (Å²) in [5.74, 6) is -1.20. The summed E-state index contributed by atoms with van der Waals surface area (Å²) in [5.41, 5.74) is 2.44. The molecule has 2 amide bonds. The fourth-order valence-corrected chi connectivity index (χ4v) is 2.04. The second-order valence-electron chi connectivity index (χ2n) is 4.59. The van der Waals surface area contributed by atoms with Crippen LogP contribution in [-0.4, -0.2) is 35.3 Å². The third-order valence-electron chi connectivity index (χ3n) is 3.21. The van der Waals surface area contributed by atoms with Gasteiger partial charge in [-0.3, -0.25) is 9.59 Å². The Morgan fingerprint density at radius 2 is 2.00 bits per heavy atom. The van der Waals surface area contributed by atoms with Crippen LogP contribution in [0.3, 0.4) is 0 Å². The zero-order valence-corrected chi connectivity index (χ0v) is 11.2. The number of hydroxylamine groups is 1. The Hall–Kier alpha value is -2.37. The lowest BCUT2D eigenvalue weighted by Crippen LogP contribution is -2.46. The molecule has 0 radical (unpaired) electrons. The molecular weight excluding hydrogens is 260 g/mol. The number of hydrogen-bond acceptors (Lipinski definition) is 4. The highest BCUT2D eigenvalue weighted by Crippen LogP contribution is 2.13. The number of benzene rings is 1. The van der Waals surface area contributed by atoms with Crippen LogP contribution >= 0.6 is 0 Å². The van der Waals surface area contributed by atoms with E-state index in [0.29, 0.717) is 18.5 Å². The highest BCUT2D eigenvalue weighted by atomic mass is 16.7.